The maximum Gasteiger partial charge on any atom is 0.228 e. The number of ether oxygens (including phenoxy) is 1. The third-order valence-corrected chi connectivity index (χ3v) is 3.99. The SMILES string of the molecule is CCC(CC)C(=O)Nc1ccc(Nc2ccc(OC)c(Cl)c2)nn1. The minimum absolute atomic E-state index is 0.00829. The molecular formula is C17H21ClN4O2. The molecule has 0 aliphatic rings. The van der Waals surface area contributed by atoms with Crippen LogP contribution in [0.3, 0.4) is 0 Å². The van der Waals surface area contributed by atoms with E-state index in [1.54, 1.807) is 31.4 Å². The summed E-state index contributed by atoms with van der Waals surface area (Å²) in [5.41, 5.74) is 0.768. The molecule has 1 aromatic heterocycles. The highest BCUT2D eigenvalue weighted by Crippen LogP contribution is 2.28. The van der Waals surface area contributed by atoms with Crippen molar-refractivity contribution >= 4 is 34.8 Å². The van der Waals surface area contributed by atoms with Crippen molar-refractivity contribution in [3.05, 3.63) is 35.4 Å². The van der Waals surface area contributed by atoms with Crippen LogP contribution in [0.25, 0.3) is 0 Å². The number of rotatable bonds is 7. The molecule has 1 amide bonds. The largest absolute Gasteiger partial charge is 0.495 e. The Labute approximate surface area is 146 Å². The number of aromatic nitrogens is 2. The van der Waals surface area contributed by atoms with Gasteiger partial charge in [-0.1, -0.05) is 25.4 Å². The first-order valence-electron chi connectivity index (χ1n) is 7.82. The van der Waals surface area contributed by atoms with E-state index in [1.807, 2.05) is 19.9 Å². The molecule has 6 nitrogen and oxygen atoms in total. The zero-order valence-corrected chi connectivity index (χ0v) is 14.7. The van der Waals surface area contributed by atoms with Crippen molar-refractivity contribution in [2.24, 2.45) is 5.92 Å². The van der Waals surface area contributed by atoms with Gasteiger partial charge in [-0.15, -0.1) is 10.2 Å². The van der Waals surface area contributed by atoms with Crippen LogP contribution in [-0.4, -0.2) is 23.2 Å². The van der Waals surface area contributed by atoms with Crippen molar-refractivity contribution in [2.75, 3.05) is 17.7 Å². The molecule has 2 rings (SSSR count). The summed E-state index contributed by atoms with van der Waals surface area (Å²) in [5, 5.41) is 14.5. The van der Waals surface area contributed by atoms with Crippen LogP contribution in [0.5, 0.6) is 5.75 Å². The number of hydrogen-bond donors (Lipinski definition) is 2. The number of methoxy groups -OCH3 is 1. The van der Waals surface area contributed by atoms with Crippen molar-refractivity contribution in [1.82, 2.24) is 10.2 Å². The van der Waals surface area contributed by atoms with Crippen molar-refractivity contribution in [2.45, 2.75) is 26.7 Å². The third kappa shape index (κ3) is 4.58. The van der Waals surface area contributed by atoms with Crippen molar-refractivity contribution in [3.63, 3.8) is 0 Å². The smallest absolute Gasteiger partial charge is 0.228 e. The maximum absolute atomic E-state index is 12.0. The van der Waals surface area contributed by atoms with Gasteiger partial charge in [0.15, 0.2) is 11.6 Å². The molecule has 0 saturated carbocycles. The Kier molecular flexibility index (Phi) is 6.37. The number of nitrogens with zero attached hydrogens (tertiary/aromatic N) is 2. The summed E-state index contributed by atoms with van der Waals surface area (Å²) in [6.07, 6.45) is 1.60. The van der Waals surface area contributed by atoms with Crippen LogP contribution in [0.15, 0.2) is 30.3 Å². The second-order valence-corrected chi connectivity index (χ2v) is 5.69. The molecule has 2 N–H and O–H groups in total. The van der Waals surface area contributed by atoms with Crippen molar-refractivity contribution in [3.8, 4) is 5.75 Å². The number of anilines is 3. The van der Waals surface area contributed by atoms with Crippen molar-refractivity contribution in [1.29, 1.82) is 0 Å². The van der Waals surface area contributed by atoms with Crippen LogP contribution in [0.2, 0.25) is 5.02 Å². The van der Waals surface area contributed by atoms with E-state index in [9.17, 15) is 4.79 Å². The van der Waals surface area contributed by atoms with E-state index in [0.717, 1.165) is 18.5 Å². The molecule has 0 fully saturated rings. The molecule has 0 saturated heterocycles. The van der Waals surface area contributed by atoms with Crippen LogP contribution in [0, 0.1) is 5.92 Å². The molecule has 0 unspecified atom stereocenters. The molecule has 0 atom stereocenters. The minimum atomic E-state index is -0.0306. The third-order valence-electron chi connectivity index (χ3n) is 3.70. The second-order valence-electron chi connectivity index (χ2n) is 5.28. The Morgan fingerprint density at radius 3 is 2.38 bits per heavy atom. The Balaban J connectivity index is 2.01. The summed E-state index contributed by atoms with van der Waals surface area (Å²) < 4.78 is 5.11. The molecule has 1 heterocycles. The summed E-state index contributed by atoms with van der Waals surface area (Å²) >= 11 is 6.09. The van der Waals surface area contributed by atoms with Gasteiger partial charge in [0.05, 0.1) is 12.1 Å². The van der Waals surface area contributed by atoms with Crippen LogP contribution in [-0.2, 0) is 4.79 Å². The number of halogens is 1. The summed E-state index contributed by atoms with van der Waals surface area (Å²) in [6.45, 7) is 3.98. The van der Waals surface area contributed by atoms with Crippen LogP contribution < -0.4 is 15.4 Å². The van der Waals surface area contributed by atoms with Crippen LogP contribution in [0.4, 0.5) is 17.3 Å². The molecule has 0 bridgehead atoms. The Morgan fingerprint density at radius 2 is 1.83 bits per heavy atom. The molecule has 0 aliphatic carbocycles. The van der Waals surface area contributed by atoms with E-state index >= 15 is 0 Å². The highest BCUT2D eigenvalue weighted by atomic mass is 35.5. The summed E-state index contributed by atoms with van der Waals surface area (Å²) in [7, 11) is 1.56. The highest BCUT2D eigenvalue weighted by molar-refractivity contribution is 6.32. The number of carbonyl (C=O) groups excluding carboxylic acids is 1. The molecule has 2 aromatic rings. The van der Waals surface area contributed by atoms with Gasteiger partial charge in [0.25, 0.3) is 0 Å². The quantitative estimate of drug-likeness (QED) is 0.782. The molecular weight excluding hydrogens is 328 g/mol. The standard InChI is InChI=1S/C17H21ClN4O2/c1-4-11(5-2)17(23)20-16-9-8-15(21-22-16)19-12-6-7-14(24-3)13(18)10-12/h6-11H,4-5H2,1-3H3,(H,19,21)(H,20,22,23). The first kappa shape index (κ1) is 18.0. The first-order valence-corrected chi connectivity index (χ1v) is 8.20. The predicted octanol–water partition coefficient (Wildman–Crippen LogP) is 4.26. The van der Waals surface area contributed by atoms with E-state index in [4.69, 9.17) is 16.3 Å². The fraction of sp³-hybridized carbons (Fsp3) is 0.353. The molecule has 1 aromatic carbocycles. The van der Waals surface area contributed by atoms with Gasteiger partial charge >= 0.3 is 0 Å². The number of benzene rings is 1. The lowest BCUT2D eigenvalue weighted by atomic mass is 10.0. The number of amides is 1. The van der Waals surface area contributed by atoms with Gasteiger partial charge in [-0.05, 0) is 43.2 Å². The molecule has 7 heteroatoms. The lowest BCUT2D eigenvalue weighted by Crippen LogP contribution is -2.22. The lowest BCUT2D eigenvalue weighted by Gasteiger charge is -2.12. The molecule has 24 heavy (non-hydrogen) atoms. The number of carbonyl (C=O) groups is 1. The summed E-state index contributed by atoms with van der Waals surface area (Å²) in [4.78, 5) is 12.0. The average molecular weight is 349 g/mol. The molecule has 0 aliphatic heterocycles. The maximum atomic E-state index is 12.0. The van der Waals surface area contributed by atoms with Gasteiger partial charge in [-0.3, -0.25) is 4.79 Å². The zero-order chi connectivity index (χ0) is 17.5. The molecule has 0 radical (unpaired) electrons. The molecule has 128 valence electrons. The first-order chi connectivity index (χ1) is 11.6. The van der Waals surface area contributed by atoms with E-state index in [1.165, 1.54) is 0 Å². The van der Waals surface area contributed by atoms with E-state index in [-0.39, 0.29) is 11.8 Å². The predicted molar refractivity (Wildman–Crippen MR) is 96.0 cm³/mol. The Hall–Kier alpha value is -2.34. The fourth-order valence-electron chi connectivity index (χ4n) is 2.25. The van der Waals surface area contributed by atoms with Gasteiger partial charge in [0.1, 0.15) is 5.75 Å². The average Bonchev–Trinajstić information content (AvgIpc) is 2.58. The minimum Gasteiger partial charge on any atom is -0.495 e. The van der Waals surface area contributed by atoms with Crippen molar-refractivity contribution < 1.29 is 9.53 Å². The summed E-state index contributed by atoms with van der Waals surface area (Å²) in [5.74, 6) is 1.55. The lowest BCUT2D eigenvalue weighted by molar-refractivity contribution is -0.120. The number of nitrogens with one attached hydrogen (secondary N) is 2. The van der Waals surface area contributed by atoms with Gasteiger partial charge in [-0.2, -0.15) is 0 Å². The topological polar surface area (TPSA) is 76.1 Å². The van der Waals surface area contributed by atoms with Crippen LogP contribution >= 0.6 is 11.6 Å². The normalized spacial score (nSPS) is 10.5. The summed E-state index contributed by atoms with van der Waals surface area (Å²) in [6, 6.07) is 8.79. The van der Waals surface area contributed by atoms with Crippen LogP contribution in [0.1, 0.15) is 26.7 Å². The monoisotopic (exact) mass is 348 g/mol. The Morgan fingerprint density at radius 1 is 1.17 bits per heavy atom. The van der Waals surface area contributed by atoms with E-state index < -0.39 is 0 Å². The van der Waals surface area contributed by atoms with E-state index in [2.05, 4.69) is 20.8 Å². The molecule has 0 spiro atoms. The van der Waals surface area contributed by atoms with Gasteiger partial charge < -0.3 is 15.4 Å². The van der Waals surface area contributed by atoms with E-state index in [0.29, 0.717) is 22.4 Å². The Bertz CT molecular complexity index is 687. The zero-order valence-electron chi connectivity index (χ0n) is 14.0. The van der Waals surface area contributed by atoms with Gasteiger partial charge in [0, 0.05) is 11.6 Å². The fourth-order valence-corrected chi connectivity index (χ4v) is 2.50. The number of hydrogen-bond acceptors (Lipinski definition) is 5. The van der Waals surface area contributed by atoms with Gasteiger partial charge in [-0.25, -0.2) is 0 Å². The second kappa shape index (κ2) is 8.49. The van der Waals surface area contributed by atoms with Gasteiger partial charge in [0.2, 0.25) is 5.91 Å². The highest BCUT2D eigenvalue weighted by Gasteiger charge is 2.14.